The minimum absolute atomic E-state index is 0.554. The summed E-state index contributed by atoms with van der Waals surface area (Å²) in [7, 11) is 0. The SMILES string of the molecule is CC(C)c1ccccc1NCC[C@@H]1CN(Cc2ccccc2)CCN1. The zero-order chi connectivity index (χ0) is 17.5. The van der Waals surface area contributed by atoms with Crippen LogP contribution in [0, 0.1) is 0 Å². The third-order valence-corrected chi connectivity index (χ3v) is 4.98. The van der Waals surface area contributed by atoms with Crippen molar-refractivity contribution in [2.75, 3.05) is 31.5 Å². The lowest BCUT2D eigenvalue weighted by Crippen LogP contribution is -2.50. The van der Waals surface area contributed by atoms with Crippen molar-refractivity contribution in [2.45, 2.75) is 38.8 Å². The Labute approximate surface area is 152 Å². The zero-order valence-corrected chi connectivity index (χ0v) is 15.5. The fourth-order valence-corrected chi connectivity index (χ4v) is 3.62. The molecule has 0 saturated carbocycles. The molecular formula is C22H31N3. The van der Waals surface area contributed by atoms with Crippen molar-refractivity contribution >= 4 is 5.69 Å². The number of hydrogen-bond acceptors (Lipinski definition) is 3. The molecule has 1 aliphatic rings. The minimum atomic E-state index is 0.554. The Morgan fingerprint density at radius 2 is 1.84 bits per heavy atom. The Bertz CT molecular complexity index is 639. The predicted octanol–water partition coefficient (Wildman–Crippen LogP) is 4.09. The molecule has 134 valence electrons. The van der Waals surface area contributed by atoms with Gasteiger partial charge in [-0.05, 0) is 29.5 Å². The van der Waals surface area contributed by atoms with Gasteiger partial charge in [-0.15, -0.1) is 0 Å². The Kier molecular flexibility index (Phi) is 6.48. The number of nitrogens with zero attached hydrogens (tertiary/aromatic N) is 1. The number of nitrogens with one attached hydrogen (secondary N) is 2. The van der Waals surface area contributed by atoms with Crippen LogP contribution in [-0.2, 0) is 6.54 Å². The van der Waals surface area contributed by atoms with Crippen LogP contribution in [0.4, 0.5) is 5.69 Å². The monoisotopic (exact) mass is 337 g/mol. The van der Waals surface area contributed by atoms with Crippen LogP contribution in [0.15, 0.2) is 54.6 Å². The highest BCUT2D eigenvalue weighted by atomic mass is 15.2. The first-order valence-corrected chi connectivity index (χ1v) is 9.55. The van der Waals surface area contributed by atoms with E-state index in [2.05, 4.69) is 84.0 Å². The molecule has 2 aromatic carbocycles. The molecule has 0 aromatic heterocycles. The molecule has 1 atom stereocenters. The third-order valence-electron chi connectivity index (χ3n) is 4.98. The van der Waals surface area contributed by atoms with Crippen LogP contribution in [0.5, 0.6) is 0 Å². The van der Waals surface area contributed by atoms with Gasteiger partial charge in [0.05, 0.1) is 0 Å². The number of rotatable bonds is 7. The summed E-state index contributed by atoms with van der Waals surface area (Å²) < 4.78 is 0. The van der Waals surface area contributed by atoms with Gasteiger partial charge in [0.2, 0.25) is 0 Å². The van der Waals surface area contributed by atoms with Crippen LogP contribution >= 0.6 is 0 Å². The predicted molar refractivity (Wildman–Crippen MR) is 107 cm³/mol. The van der Waals surface area contributed by atoms with Crippen molar-refractivity contribution in [3.8, 4) is 0 Å². The molecule has 0 spiro atoms. The number of hydrogen-bond donors (Lipinski definition) is 2. The molecule has 0 amide bonds. The highest BCUT2D eigenvalue weighted by molar-refractivity contribution is 5.52. The summed E-state index contributed by atoms with van der Waals surface area (Å²) in [6.45, 7) is 9.93. The molecule has 1 fully saturated rings. The summed E-state index contributed by atoms with van der Waals surface area (Å²) in [5.41, 5.74) is 4.10. The van der Waals surface area contributed by atoms with E-state index in [0.717, 1.165) is 39.1 Å². The molecule has 2 aromatic rings. The molecule has 0 aliphatic carbocycles. The van der Waals surface area contributed by atoms with E-state index in [-0.39, 0.29) is 0 Å². The van der Waals surface area contributed by atoms with E-state index in [0.29, 0.717) is 12.0 Å². The summed E-state index contributed by atoms with van der Waals surface area (Å²) in [5.74, 6) is 0.554. The lowest BCUT2D eigenvalue weighted by atomic mass is 10.0. The van der Waals surface area contributed by atoms with E-state index in [9.17, 15) is 0 Å². The molecule has 2 N–H and O–H groups in total. The Balaban J connectivity index is 1.47. The van der Waals surface area contributed by atoms with Gasteiger partial charge in [0.1, 0.15) is 0 Å². The van der Waals surface area contributed by atoms with Gasteiger partial charge in [0.15, 0.2) is 0 Å². The molecule has 3 heteroatoms. The average Bonchev–Trinajstić information content (AvgIpc) is 2.63. The number of anilines is 1. The molecule has 1 heterocycles. The molecule has 1 saturated heterocycles. The summed E-state index contributed by atoms with van der Waals surface area (Å²) in [6, 6.07) is 20.0. The topological polar surface area (TPSA) is 27.3 Å². The summed E-state index contributed by atoms with van der Waals surface area (Å²) in [5, 5.41) is 7.32. The van der Waals surface area contributed by atoms with Gasteiger partial charge in [-0.25, -0.2) is 0 Å². The first kappa shape index (κ1) is 18.0. The van der Waals surface area contributed by atoms with Crippen molar-refractivity contribution in [2.24, 2.45) is 0 Å². The lowest BCUT2D eigenvalue weighted by molar-refractivity contribution is 0.189. The fourth-order valence-electron chi connectivity index (χ4n) is 3.62. The maximum absolute atomic E-state index is 3.68. The van der Waals surface area contributed by atoms with E-state index < -0.39 is 0 Å². The van der Waals surface area contributed by atoms with Gasteiger partial charge in [-0.3, -0.25) is 4.90 Å². The maximum Gasteiger partial charge on any atom is 0.0375 e. The van der Waals surface area contributed by atoms with Crippen LogP contribution in [0.25, 0.3) is 0 Å². The van der Waals surface area contributed by atoms with Gasteiger partial charge in [-0.1, -0.05) is 62.4 Å². The average molecular weight is 338 g/mol. The van der Waals surface area contributed by atoms with Gasteiger partial charge < -0.3 is 10.6 Å². The second kappa shape index (κ2) is 9.02. The number of piperazine rings is 1. The van der Waals surface area contributed by atoms with Crippen molar-refractivity contribution in [3.05, 3.63) is 65.7 Å². The van der Waals surface area contributed by atoms with Gasteiger partial charge in [0.25, 0.3) is 0 Å². The molecule has 0 radical (unpaired) electrons. The summed E-state index contributed by atoms with van der Waals surface area (Å²) in [4.78, 5) is 2.57. The van der Waals surface area contributed by atoms with Gasteiger partial charge in [0, 0.05) is 44.5 Å². The molecule has 3 nitrogen and oxygen atoms in total. The molecule has 3 rings (SSSR count). The fraction of sp³-hybridized carbons (Fsp3) is 0.455. The molecule has 0 unspecified atom stereocenters. The highest BCUT2D eigenvalue weighted by Crippen LogP contribution is 2.23. The molecule has 1 aliphatic heterocycles. The quantitative estimate of drug-likeness (QED) is 0.797. The van der Waals surface area contributed by atoms with E-state index in [1.165, 1.54) is 16.8 Å². The van der Waals surface area contributed by atoms with Crippen molar-refractivity contribution in [1.29, 1.82) is 0 Å². The van der Waals surface area contributed by atoms with E-state index in [1.54, 1.807) is 0 Å². The number of para-hydroxylation sites is 1. The Hall–Kier alpha value is -1.84. The number of benzene rings is 2. The second-order valence-corrected chi connectivity index (χ2v) is 7.33. The maximum atomic E-state index is 3.68. The zero-order valence-electron chi connectivity index (χ0n) is 15.5. The van der Waals surface area contributed by atoms with Crippen LogP contribution in [0.1, 0.15) is 37.3 Å². The van der Waals surface area contributed by atoms with Crippen molar-refractivity contribution < 1.29 is 0 Å². The van der Waals surface area contributed by atoms with Gasteiger partial charge >= 0.3 is 0 Å². The van der Waals surface area contributed by atoms with E-state index in [1.807, 2.05) is 0 Å². The van der Waals surface area contributed by atoms with Crippen molar-refractivity contribution in [3.63, 3.8) is 0 Å². The Morgan fingerprint density at radius 3 is 2.64 bits per heavy atom. The highest BCUT2D eigenvalue weighted by Gasteiger charge is 2.19. The molecule has 0 bridgehead atoms. The third kappa shape index (κ3) is 5.32. The van der Waals surface area contributed by atoms with Crippen LogP contribution in [-0.4, -0.2) is 37.1 Å². The largest absolute Gasteiger partial charge is 0.385 e. The Morgan fingerprint density at radius 1 is 1.08 bits per heavy atom. The van der Waals surface area contributed by atoms with Gasteiger partial charge in [-0.2, -0.15) is 0 Å². The first-order valence-electron chi connectivity index (χ1n) is 9.55. The second-order valence-electron chi connectivity index (χ2n) is 7.33. The lowest BCUT2D eigenvalue weighted by Gasteiger charge is -2.34. The summed E-state index contributed by atoms with van der Waals surface area (Å²) >= 11 is 0. The van der Waals surface area contributed by atoms with E-state index >= 15 is 0 Å². The molecular weight excluding hydrogens is 306 g/mol. The minimum Gasteiger partial charge on any atom is -0.385 e. The smallest absolute Gasteiger partial charge is 0.0375 e. The standard InChI is InChI=1S/C22H31N3/c1-18(2)21-10-6-7-11-22(21)24-13-12-20-17-25(15-14-23-20)16-19-8-4-3-5-9-19/h3-11,18,20,23-24H,12-17H2,1-2H3/t20-/m1/s1. The van der Waals surface area contributed by atoms with Crippen LogP contribution in [0.2, 0.25) is 0 Å². The van der Waals surface area contributed by atoms with Crippen LogP contribution in [0.3, 0.4) is 0 Å². The molecule has 25 heavy (non-hydrogen) atoms. The summed E-state index contributed by atoms with van der Waals surface area (Å²) in [6.07, 6.45) is 1.15. The van der Waals surface area contributed by atoms with E-state index in [4.69, 9.17) is 0 Å². The first-order chi connectivity index (χ1) is 12.2. The van der Waals surface area contributed by atoms with Crippen LogP contribution < -0.4 is 10.6 Å². The van der Waals surface area contributed by atoms with Crippen molar-refractivity contribution in [1.82, 2.24) is 10.2 Å². The normalized spacial score (nSPS) is 18.4.